The van der Waals surface area contributed by atoms with Crippen LogP contribution in [0.1, 0.15) is 5.56 Å². The first kappa shape index (κ1) is 27.3. The Morgan fingerprint density at radius 2 is 1.68 bits per heavy atom. The Balaban J connectivity index is 1.51. The van der Waals surface area contributed by atoms with E-state index in [1.165, 1.54) is 50.6 Å². The number of nitrogens with one attached hydrogen (secondary N) is 2. The number of non-ortho nitro benzene ring substituents is 1. The lowest BCUT2D eigenvalue weighted by molar-refractivity contribution is -0.384. The molecule has 0 bridgehead atoms. The molecule has 3 aromatic carbocycles. The molecule has 3 aromatic rings. The molecule has 0 aromatic heterocycles. The van der Waals surface area contributed by atoms with E-state index < -0.39 is 28.7 Å². The zero-order valence-corrected chi connectivity index (χ0v) is 21.2. The Morgan fingerprint density at radius 3 is 2.35 bits per heavy atom. The number of carbonyl (C=O) groups excluding carboxylic acids is 4. The minimum absolute atomic E-state index is 0.0410. The van der Waals surface area contributed by atoms with E-state index in [2.05, 4.69) is 10.6 Å². The number of benzene rings is 3. The molecule has 40 heavy (non-hydrogen) atoms. The number of nitro benzene ring substituents is 1. The van der Waals surface area contributed by atoms with Gasteiger partial charge in [0, 0.05) is 12.1 Å². The summed E-state index contributed by atoms with van der Waals surface area (Å²) in [6.45, 7) is -0.345. The largest absolute Gasteiger partial charge is 0.495 e. The van der Waals surface area contributed by atoms with E-state index in [4.69, 9.17) is 14.2 Å². The summed E-state index contributed by atoms with van der Waals surface area (Å²) in [7, 11) is 2.86. The van der Waals surface area contributed by atoms with E-state index in [1.54, 1.807) is 24.3 Å². The lowest BCUT2D eigenvalue weighted by atomic mass is 10.1. The lowest BCUT2D eigenvalue weighted by Crippen LogP contribution is -2.54. The van der Waals surface area contributed by atoms with Crippen molar-refractivity contribution in [3.8, 4) is 17.2 Å². The molecule has 2 N–H and O–H groups in total. The fourth-order valence-electron chi connectivity index (χ4n) is 3.75. The molecule has 0 spiro atoms. The van der Waals surface area contributed by atoms with Crippen LogP contribution in [0.3, 0.4) is 0 Å². The second-order valence-corrected chi connectivity index (χ2v) is 8.18. The van der Waals surface area contributed by atoms with Gasteiger partial charge in [0.1, 0.15) is 11.3 Å². The van der Waals surface area contributed by atoms with Crippen LogP contribution in [-0.4, -0.2) is 49.5 Å². The molecule has 1 saturated heterocycles. The molecule has 0 radical (unpaired) electrons. The van der Waals surface area contributed by atoms with Crippen LogP contribution < -0.4 is 29.7 Å². The Bertz CT molecular complexity index is 1530. The lowest BCUT2D eigenvalue weighted by Gasteiger charge is -2.26. The second kappa shape index (κ2) is 11.8. The number of rotatable bonds is 9. The maximum Gasteiger partial charge on any atom is 0.335 e. The van der Waals surface area contributed by atoms with Gasteiger partial charge in [-0.25, -0.2) is 9.69 Å². The highest BCUT2D eigenvalue weighted by Gasteiger charge is 2.37. The van der Waals surface area contributed by atoms with Crippen molar-refractivity contribution in [3.05, 3.63) is 88.0 Å². The number of imide groups is 2. The van der Waals surface area contributed by atoms with Crippen LogP contribution in [0.25, 0.3) is 6.08 Å². The van der Waals surface area contributed by atoms with Gasteiger partial charge in [-0.3, -0.25) is 29.8 Å². The third kappa shape index (κ3) is 5.88. The van der Waals surface area contributed by atoms with E-state index in [9.17, 15) is 29.3 Å². The smallest absolute Gasteiger partial charge is 0.335 e. The second-order valence-electron chi connectivity index (χ2n) is 8.18. The summed E-state index contributed by atoms with van der Waals surface area (Å²) >= 11 is 0. The zero-order chi connectivity index (χ0) is 28.8. The fourth-order valence-corrected chi connectivity index (χ4v) is 3.75. The molecule has 4 rings (SSSR count). The first-order valence-electron chi connectivity index (χ1n) is 11.6. The number of hydrogen-bond acceptors (Lipinski definition) is 9. The van der Waals surface area contributed by atoms with Crippen LogP contribution in [0.2, 0.25) is 0 Å². The third-order valence-corrected chi connectivity index (χ3v) is 5.66. The molecule has 204 valence electrons. The molecule has 0 saturated carbocycles. The molecule has 1 aliphatic heterocycles. The van der Waals surface area contributed by atoms with Crippen molar-refractivity contribution in [3.63, 3.8) is 0 Å². The third-order valence-electron chi connectivity index (χ3n) is 5.66. The van der Waals surface area contributed by atoms with Crippen molar-refractivity contribution in [1.29, 1.82) is 0 Å². The monoisotopic (exact) mass is 546 g/mol. The van der Waals surface area contributed by atoms with E-state index >= 15 is 0 Å². The van der Waals surface area contributed by atoms with Gasteiger partial charge in [0.15, 0.2) is 18.1 Å². The predicted molar refractivity (Wildman–Crippen MR) is 142 cm³/mol. The van der Waals surface area contributed by atoms with Gasteiger partial charge in [-0.05, 0) is 48.0 Å². The number of hydrogen-bond donors (Lipinski definition) is 2. The fraction of sp³-hybridized carbons (Fsp3) is 0.111. The topological polar surface area (TPSA) is 166 Å². The highest BCUT2D eigenvalue weighted by atomic mass is 16.6. The summed E-state index contributed by atoms with van der Waals surface area (Å²) in [5.41, 5.74) is 0.291. The van der Waals surface area contributed by atoms with Crippen molar-refractivity contribution < 1.29 is 38.3 Å². The Labute approximate surface area is 227 Å². The quantitative estimate of drug-likeness (QED) is 0.177. The van der Waals surface area contributed by atoms with Gasteiger partial charge in [0.05, 0.1) is 30.5 Å². The molecular weight excluding hydrogens is 524 g/mol. The standard InChI is InChI=1S/C27H22N4O9/c1-38-21-6-4-3-5-20(21)28-24(32)15-40-22-12-7-16(14-23(22)39-2)13-19-25(33)29-27(35)30(26(19)34)17-8-10-18(11-9-17)31(36)37/h3-14H,15H2,1-2H3,(H,28,32)(H,29,33,35)/b19-13-. The Morgan fingerprint density at radius 1 is 0.975 bits per heavy atom. The molecule has 1 heterocycles. The Hall–Kier alpha value is -5.72. The molecule has 13 nitrogen and oxygen atoms in total. The SMILES string of the molecule is COc1ccccc1NC(=O)COc1ccc(/C=C2/C(=O)NC(=O)N(c3ccc([N+](=O)[O-])cc3)C2=O)cc1OC. The predicted octanol–water partition coefficient (Wildman–Crippen LogP) is 3.30. The van der Waals surface area contributed by atoms with Crippen molar-refractivity contribution in [2.24, 2.45) is 0 Å². The molecule has 5 amide bonds. The van der Waals surface area contributed by atoms with Gasteiger partial charge in [-0.2, -0.15) is 0 Å². The number of barbiturate groups is 1. The van der Waals surface area contributed by atoms with Crippen molar-refractivity contribution in [2.45, 2.75) is 0 Å². The maximum absolute atomic E-state index is 13.1. The van der Waals surface area contributed by atoms with Gasteiger partial charge >= 0.3 is 6.03 Å². The number of methoxy groups -OCH3 is 2. The van der Waals surface area contributed by atoms with Gasteiger partial charge in [-0.1, -0.05) is 18.2 Å². The van der Waals surface area contributed by atoms with Gasteiger partial charge in [-0.15, -0.1) is 0 Å². The van der Waals surface area contributed by atoms with E-state index in [1.807, 2.05) is 0 Å². The molecule has 1 fully saturated rings. The average Bonchev–Trinajstić information content (AvgIpc) is 2.94. The van der Waals surface area contributed by atoms with Crippen LogP contribution in [-0.2, 0) is 14.4 Å². The highest BCUT2D eigenvalue weighted by molar-refractivity contribution is 6.39. The summed E-state index contributed by atoms with van der Waals surface area (Å²) in [4.78, 5) is 61.4. The maximum atomic E-state index is 13.1. The first-order valence-corrected chi connectivity index (χ1v) is 11.6. The summed E-state index contributed by atoms with van der Waals surface area (Å²) in [5.74, 6) is -1.36. The molecule has 13 heteroatoms. The minimum atomic E-state index is -0.992. The molecule has 0 unspecified atom stereocenters. The molecule has 0 atom stereocenters. The highest BCUT2D eigenvalue weighted by Crippen LogP contribution is 2.30. The van der Waals surface area contributed by atoms with E-state index in [0.29, 0.717) is 21.9 Å². The number of urea groups is 1. The number of amides is 5. The number of nitro groups is 1. The number of anilines is 2. The van der Waals surface area contributed by atoms with Crippen molar-refractivity contribution >= 4 is 46.9 Å². The summed E-state index contributed by atoms with van der Waals surface area (Å²) in [6.07, 6.45) is 1.25. The number of ether oxygens (including phenoxy) is 3. The zero-order valence-electron chi connectivity index (χ0n) is 21.2. The van der Waals surface area contributed by atoms with Crippen molar-refractivity contribution in [1.82, 2.24) is 5.32 Å². The summed E-state index contributed by atoms with van der Waals surface area (Å²) < 4.78 is 16.1. The van der Waals surface area contributed by atoms with Crippen LogP contribution >= 0.6 is 0 Å². The number of carbonyl (C=O) groups is 4. The minimum Gasteiger partial charge on any atom is -0.495 e. The van der Waals surface area contributed by atoms with Crippen LogP contribution in [0.5, 0.6) is 17.2 Å². The average molecular weight is 546 g/mol. The molecule has 1 aliphatic rings. The van der Waals surface area contributed by atoms with Gasteiger partial charge < -0.3 is 19.5 Å². The van der Waals surface area contributed by atoms with Crippen LogP contribution in [0.15, 0.2) is 72.3 Å². The summed E-state index contributed by atoms with van der Waals surface area (Å²) in [5, 5.41) is 15.7. The normalized spacial score (nSPS) is 14.0. The van der Waals surface area contributed by atoms with Crippen LogP contribution in [0, 0.1) is 10.1 Å². The Kier molecular flexibility index (Phi) is 8.04. The first-order chi connectivity index (χ1) is 19.2. The number of nitrogens with zero attached hydrogens (tertiary/aromatic N) is 2. The summed E-state index contributed by atoms with van der Waals surface area (Å²) in [6, 6.07) is 15.1. The molecular formula is C27H22N4O9. The van der Waals surface area contributed by atoms with Gasteiger partial charge in [0.2, 0.25) is 0 Å². The molecule has 0 aliphatic carbocycles. The van der Waals surface area contributed by atoms with Crippen molar-refractivity contribution in [2.75, 3.05) is 31.0 Å². The van der Waals surface area contributed by atoms with Gasteiger partial charge in [0.25, 0.3) is 23.4 Å². The van der Waals surface area contributed by atoms with Crippen LogP contribution in [0.4, 0.5) is 21.9 Å². The number of para-hydroxylation sites is 2. The van der Waals surface area contributed by atoms with E-state index in [0.717, 1.165) is 12.1 Å². The van der Waals surface area contributed by atoms with E-state index in [-0.39, 0.29) is 35.1 Å².